The number of aromatic nitrogens is 1. The molecule has 3 aromatic rings. The summed E-state index contributed by atoms with van der Waals surface area (Å²) in [5.41, 5.74) is 7.99. The van der Waals surface area contributed by atoms with Gasteiger partial charge in [0.25, 0.3) is 0 Å². The van der Waals surface area contributed by atoms with Gasteiger partial charge in [0.1, 0.15) is 5.75 Å². The zero-order valence-electron chi connectivity index (χ0n) is 11.0. The summed E-state index contributed by atoms with van der Waals surface area (Å²) >= 11 is 0. The molecule has 4 heteroatoms. The molecule has 0 fully saturated rings. The lowest BCUT2D eigenvalue weighted by Gasteiger charge is -2.07. The van der Waals surface area contributed by atoms with Gasteiger partial charge >= 0.3 is 0 Å². The highest BCUT2D eigenvalue weighted by molar-refractivity contribution is 5.91. The van der Waals surface area contributed by atoms with Gasteiger partial charge in [0.2, 0.25) is 5.88 Å². The molecule has 100 valence electrons. The van der Waals surface area contributed by atoms with E-state index in [2.05, 4.69) is 4.98 Å². The summed E-state index contributed by atoms with van der Waals surface area (Å²) in [4.78, 5) is 4.23. The topological polar surface area (TPSA) is 68.4 Å². The van der Waals surface area contributed by atoms with Gasteiger partial charge in [-0.25, -0.2) is 4.98 Å². The Morgan fingerprint density at radius 2 is 1.95 bits per heavy atom. The maximum absolute atomic E-state index is 10.1. The van der Waals surface area contributed by atoms with Crippen molar-refractivity contribution in [3.05, 3.63) is 48.5 Å². The minimum Gasteiger partial charge on any atom is -0.497 e. The zero-order chi connectivity index (χ0) is 14.1. The molecule has 20 heavy (non-hydrogen) atoms. The Morgan fingerprint density at radius 1 is 1.10 bits per heavy atom. The number of fused-ring (bicyclic) bond motifs is 1. The molecule has 0 aliphatic carbocycles. The monoisotopic (exact) mass is 266 g/mol. The number of ether oxygens (including phenoxy) is 1. The standard InChI is InChI=1S/C16H14N2O2/c1-20-13-5-6-14-11(8-13)9-15(18-16(14)19)10-3-2-4-12(17)7-10/h2-9H,17H2,1H3,(H,18,19). The number of nitrogen functional groups attached to an aromatic ring is 1. The number of hydrogen-bond acceptors (Lipinski definition) is 4. The van der Waals surface area contributed by atoms with Crippen LogP contribution in [0.2, 0.25) is 0 Å². The van der Waals surface area contributed by atoms with Crippen molar-refractivity contribution in [1.82, 2.24) is 4.98 Å². The molecular formula is C16H14N2O2. The highest BCUT2D eigenvalue weighted by atomic mass is 16.5. The lowest BCUT2D eigenvalue weighted by Crippen LogP contribution is -1.89. The van der Waals surface area contributed by atoms with Crippen LogP contribution in [0.5, 0.6) is 11.6 Å². The average Bonchev–Trinajstić information content (AvgIpc) is 2.46. The van der Waals surface area contributed by atoms with Gasteiger partial charge in [-0.05, 0) is 41.8 Å². The van der Waals surface area contributed by atoms with Crippen LogP contribution in [0.3, 0.4) is 0 Å². The number of rotatable bonds is 2. The molecule has 2 aromatic carbocycles. The Bertz CT molecular complexity index is 785. The molecule has 0 bridgehead atoms. The molecular weight excluding hydrogens is 252 g/mol. The fourth-order valence-electron chi connectivity index (χ4n) is 2.19. The Labute approximate surface area is 116 Å². The third kappa shape index (κ3) is 2.12. The van der Waals surface area contributed by atoms with E-state index >= 15 is 0 Å². The van der Waals surface area contributed by atoms with Crippen molar-refractivity contribution in [2.45, 2.75) is 0 Å². The molecule has 1 aromatic heterocycles. The van der Waals surface area contributed by atoms with Gasteiger partial charge in [0, 0.05) is 16.6 Å². The van der Waals surface area contributed by atoms with E-state index in [-0.39, 0.29) is 5.88 Å². The lowest BCUT2D eigenvalue weighted by molar-refractivity contribution is 0.415. The number of methoxy groups -OCH3 is 1. The molecule has 4 nitrogen and oxygen atoms in total. The molecule has 0 saturated heterocycles. The molecule has 1 heterocycles. The normalized spacial score (nSPS) is 10.7. The van der Waals surface area contributed by atoms with E-state index in [1.54, 1.807) is 19.2 Å². The van der Waals surface area contributed by atoms with Crippen LogP contribution in [0.15, 0.2) is 48.5 Å². The zero-order valence-corrected chi connectivity index (χ0v) is 11.0. The fourth-order valence-corrected chi connectivity index (χ4v) is 2.19. The number of hydrogen-bond donors (Lipinski definition) is 2. The summed E-state index contributed by atoms with van der Waals surface area (Å²) < 4.78 is 5.20. The van der Waals surface area contributed by atoms with E-state index in [1.807, 2.05) is 36.4 Å². The van der Waals surface area contributed by atoms with Crippen molar-refractivity contribution in [1.29, 1.82) is 0 Å². The predicted molar refractivity (Wildman–Crippen MR) is 79.8 cm³/mol. The van der Waals surface area contributed by atoms with Crippen LogP contribution in [0.1, 0.15) is 0 Å². The van der Waals surface area contributed by atoms with E-state index in [0.29, 0.717) is 16.8 Å². The minimum atomic E-state index is 0.00239. The van der Waals surface area contributed by atoms with Gasteiger partial charge < -0.3 is 15.6 Å². The summed E-state index contributed by atoms with van der Waals surface area (Å²) in [6.45, 7) is 0. The van der Waals surface area contributed by atoms with Crippen molar-refractivity contribution in [3.8, 4) is 22.9 Å². The third-order valence-corrected chi connectivity index (χ3v) is 3.20. The van der Waals surface area contributed by atoms with E-state index in [0.717, 1.165) is 16.7 Å². The molecule has 3 N–H and O–H groups in total. The van der Waals surface area contributed by atoms with Crippen molar-refractivity contribution >= 4 is 16.5 Å². The molecule has 0 atom stereocenters. The third-order valence-electron chi connectivity index (χ3n) is 3.20. The van der Waals surface area contributed by atoms with Crippen molar-refractivity contribution in [2.24, 2.45) is 0 Å². The van der Waals surface area contributed by atoms with Crippen LogP contribution in [-0.4, -0.2) is 17.2 Å². The van der Waals surface area contributed by atoms with Gasteiger partial charge in [0.15, 0.2) is 0 Å². The first kappa shape index (κ1) is 12.3. The van der Waals surface area contributed by atoms with Gasteiger partial charge in [-0.15, -0.1) is 0 Å². The van der Waals surface area contributed by atoms with Crippen LogP contribution in [0.4, 0.5) is 5.69 Å². The second kappa shape index (κ2) is 4.74. The largest absolute Gasteiger partial charge is 0.497 e. The average molecular weight is 266 g/mol. The number of aromatic hydroxyl groups is 1. The first-order chi connectivity index (χ1) is 9.67. The summed E-state index contributed by atoms with van der Waals surface area (Å²) in [5, 5.41) is 11.6. The summed E-state index contributed by atoms with van der Waals surface area (Å²) in [6.07, 6.45) is 0. The lowest BCUT2D eigenvalue weighted by atomic mass is 10.1. The first-order valence-corrected chi connectivity index (χ1v) is 6.21. The van der Waals surface area contributed by atoms with Gasteiger partial charge in [-0.1, -0.05) is 12.1 Å². The van der Waals surface area contributed by atoms with E-state index in [4.69, 9.17) is 10.5 Å². The molecule has 0 spiro atoms. The van der Waals surface area contributed by atoms with Gasteiger partial charge in [-0.2, -0.15) is 0 Å². The van der Waals surface area contributed by atoms with Crippen molar-refractivity contribution < 1.29 is 9.84 Å². The van der Waals surface area contributed by atoms with Gasteiger partial charge in [-0.3, -0.25) is 0 Å². The smallest absolute Gasteiger partial charge is 0.219 e. The molecule has 0 saturated carbocycles. The Kier molecular flexibility index (Phi) is 2.91. The summed E-state index contributed by atoms with van der Waals surface area (Å²) in [7, 11) is 1.61. The Morgan fingerprint density at radius 3 is 2.70 bits per heavy atom. The second-order valence-electron chi connectivity index (χ2n) is 4.54. The van der Waals surface area contributed by atoms with Crippen LogP contribution in [0, 0.1) is 0 Å². The number of nitrogens with two attached hydrogens (primary N) is 1. The van der Waals surface area contributed by atoms with Crippen molar-refractivity contribution in [3.63, 3.8) is 0 Å². The second-order valence-corrected chi connectivity index (χ2v) is 4.54. The first-order valence-electron chi connectivity index (χ1n) is 6.21. The van der Waals surface area contributed by atoms with Crippen LogP contribution in [0.25, 0.3) is 22.0 Å². The number of nitrogens with zero attached hydrogens (tertiary/aromatic N) is 1. The molecule has 3 rings (SSSR count). The Balaban J connectivity index is 2.22. The number of pyridine rings is 1. The predicted octanol–water partition coefficient (Wildman–Crippen LogP) is 3.20. The quantitative estimate of drug-likeness (QED) is 0.699. The number of anilines is 1. The molecule has 0 aliphatic rings. The summed E-state index contributed by atoms with van der Waals surface area (Å²) in [5.74, 6) is 0.740. The van der Waals surface area contributed by atoms with Crippen molar-refractivity contribution in [2.75, 3.05) is 12.8 Å². The maximum Gasteiger partial charge on any atom is 0.219 e. The highest BCUT2D eigenvalue weighted by Gasteiger charge is 2.08. The van der Waals surface area contributed by atoms with Crippen LogP contribution < -0.4 is 10.5 Å². The van der Waals surface area contributed by atoms with Crippen LogP contribution >= 0.6 is 0 Å². The molecule has 0 radical (unpaired) electrons. The van der Waals surface area contributed by atoms with E-state index in [1.165, 1.54) is 0 Å². The fraction of sp³-hybridized carbons (Fsp3) is 0.0625. The number of benzene rings is 2. The molecule has 0 aliphatic heterocycles. The van der Waals surface area contributed by atoms with Gasteiger partial charge in [0.05, 0.1) is 12.8 Å². The highest BCUT2D eigenvalue weighted by Crippen LogP contribution is 2.31. The minimum absolute atomic E-state index is 0.00239. The summed E-state index contributed by atoms with van der Waals surface area (Å²) in [6, 6.07) is 14.8. The van der Waals surface area contributed by atoms with E-state index < -0.39 is 0 Å². The molecule has 0 amide bonds. The SMILES string of the molecule is COc1ccc2c(O)nc(-c3cccc(N)c3)cc2c1. The maximum atomic E-state index is 10.1. The van der Waals surface area contributed by atoms with Crippen LogP contribution in [-0.2, 0) is 0 Å². The van der Waals surface area contributed by atoms with E-state index in [9.17, 15) is 5.11 Å². The Hall–Kier alpha value is -2.75. The molecule has 0 unspecified atom stereocenters.